The molecular weight excluding hydrogens is 214 g/mol. The number of rotatable bonds is 5. The van der Waals surface area contributed by atoms with E-state index in [2.05, 4.69) is 4.98 Å². The summed E-state index contributed by atoms with van der Waals surface area (Å²) >= 11 is 0. The van der Waals surface area contributed by atoms with E-state index in [0.29, 0.717) is 6.54 Å². The predicted octanol–water partition coefficient (Wildman–Crippen LogP) is 0.821. The molecule has 0 spiro atoms. The molecule has 2 N–H and O–H groups in total. The Labute approximate surface area is 102 Å². The fourth-order valence-electron chi connectivity index (χ4n) is 2.01. The molecule has 1 aromatic heterocycles. The zero-order valence-corrected chi connectivity index (χ0v) is 10.2. The molecular formula is C13H19N3O. The Balaban J connectivity index is 1.86. The molecule has 0 aliphatic heterocycles. The molecule has 1 fully saturated rings. The van der Waals surface area contributed by atoms with Gasteiger partial charge in [-0.3, -0.25) is 9.78 Å². The average molecular weight is 233 g/mol. The number of nitrogens with zero attached hydrogens (tertiary/aromatic N) is 2. The summed E-state index contributed by atoms with van der Waals surface area (Å²) in [6.07, 6.45) is 6.31. The number of likely N-dealkylation sites (N-methyl/N-ethyl adjacent to an activating group) is 1. The highest BCUT2D eigenvalue weighted by molar-refractivity contribution is 5.85. The lowest BCUT2D eigenvalue weighted by Crippen LogP contribution is -2.39. The molecule has 0 saturated heterocycles. The van der Waals surface area contributed by atoms with E-state index < -0.39 is 0 Å². The van der Waals surface area contributed by atoms with E-state index in [-0.39, 0.29) is 11.3 Å². The first-order valence-electron chi connectivity index (χ1n) is 6.02. The molecule has 0 radical (unpaired) electrons. The first kappa shape index (κ1) is 12.0. The van der Waals surface area contributed by atoms with Gasteiger partial charge in [-0.15, -0.1) is 0 Å². The topological polar surface area (TPSA) is 59.2 Å². The largest absolute Gasteiger partial charge is 0.345 e. The molecule has 92 valence electrons. The van der Waals surface area contributed by atoms with Gasteiger partial charge in [0.15, 0.2) is 0 Å². The number of pyridine rings is 1. The Bertz CT molecular complexity index is 387. The van der Waals surface area contributed by atoms with Crippen LogP contribution in [0.25, 0.3) is 0 Å². The fraction of sp³-hybridized carbons (Fsp3) is 0.538. The molecule has 1 heterocycles. The van der Waals surface area contributed by atoms with Crippen LogP contribution in [0.5, 0.6) is 0 Å². The second-order valence-electron chi connectivity index (χ2n) is 4.82. The molecule has 0 aromatic carbocycles. The highest BCUT2D eigenvalue weighted by atomic mass is 16.2. The van der Waals surface area contributed by atoms with Gasteiger partial charge >= 0.3 is 0 Å². The van der Waals surface area contributed by atoms with Crippen LogP contribution in [-0.2, 0) is 11.2 Å². The molecule has 17 heavy (non-hydrogen) atoms. The minimum atomic E-state index is -0.229. The van der Waals surface area contributed by atoms with Crippen molar-refractivity contribution in [3.05, 3.63) is 30.1 Å². The Hall–Kier alpha value is -1.42. The first-order valence-corrected chi connectivity index (χ1v) is 6.02. The summed E-state index contributed by atoms with van der Waals surface area (Å²) in [5.74, 6) is 0.203. The van der Waals surface area contributed by atoms with Crippen LogP contribution >= 0.6 is 0 Å². The summed E-state index contributed by atoms with van der Waals surface area (Å²) in [4.78, 5) is 17.9. The Morgan fingerprint density at radius 2 is 2.12 bits per heavy atom. The monoisotopic (exact) mass is 233 g/mol. The summed E-state index contributed by atoms with van der Waals surface area (Å²) in [7, 11) is 1.86. The summed E-state index contributed by atoms with van der Waals surface area (Å²) in [6, 6.07) is 3.96. The van der Waals surface area contributed by atoms with Crippen LogP contribution < -0.4 is 5.73 Å². The van der Waals surface area contributed by atoms with Crippen LogP contribution in [0.15, 0.2) is 24.5 Å². The fourth-order valence-corrected chi connectivity index (χ4v) is 2.01. The molecule has 1 aromatic rings. The number of amides is 1. The van der Waals surface area contributed by atoms with Crippen molar-refractivity contribution in [2.45, 2.75) is 19.3 Å². The summed E-state index contributed by atoms with van der Waals surface area (Å²) in [5.41, 5.74) is 6.64. The van der Waals surface area contributed by atoms with Crippen LogP contribution in [0.4, 0.5) is 0 Å². The SMILES string of the molecule is CN(CCc1ccncc1)C(=O)C1(CN)CC1. The normalized spacial score (nSPS) is 16.6. The zero-order valence-electron chi connectivity index (χ0n) is 10.2. The van der Waals surface area contributed by atoms with Gasteiger partial charge in [0.2, 0.25) is 5.91 Å². The van der Waals surface area contributed by atoms with Crippen molar-refractivity contribution in [1.82, 2.24) is 9.88 Å². The maximum atomic E-state index is 12.1. The number of carbonyl (C=O) groups is 1. The number of hydrogen-bond acceptors (Lipinski definition) is 3. The van der Waals surface area contributed by atoms with E-state index >= 15 is 0 Å². The number of nitrogens with two attached hydrogens (primary N) is 1. The highest BCUT2D eigenvalue weighted by Gasteiger charge is 2.49. The van der Waals surface area contributed by atoms with Gasteiger partial charge in [-0.25, -0.2) is 0 Å². The van der Waals surface area contributed by atoms with Gasteiger partial charge in [0.05, 0.1) is 5.41 Å². The van der Waals surface area contributed by atoms with Crippen molar-refractivity contribution in [2.24, 2.45) is 11.1 Å². The van der Waals surface area contributed by atoms with E-state index in [1.54, 1.807) is 17.3 Å². The van der Waals surface area contributed by atoms with E-state index in [4.69, 9.17) is 5.73 Å². The smallest absolute Gasteiger partial charge is 0.229 e. The molecule has 2 rings (SSSR count). The maximum Gasteiger partial charge on any atom is 0.229 e. The number of carbonyl (C=O) groups excluding carboxylic acids is 1. The molecule has 1 amide bonds. The van der Waals surface area contributed by atoms with Gasteiger partial charge in [-0.05, 0) is 37.0 Å². The summed E-state index contributed by atoms with van der Waals surface area (Å²) < 4.78 is 0. The Morgan fingerprint density at radius 1 is 1.47 bits per heavy atom. The lowest BCUT2D eigenvalue weighted by molar-refractivity contribution is -0.135. The molecule has 4 heteroatoms. The number of aromatic nitrogens is 1. The standard InChI is InChI=1S/C13H19N3O/c1-16(12(17)13(10-14)5-6-13)9-4-11-2-7-15-8-3-11/h2-3,7-8H,4-6,9-10,14H2,1H3. The maximum absolute atomic E-state index is 12.1. The van der Waals surface area contributed by atoms with Crippen molar-refractivity contribution >= 4 is 5.91 Å². The van der Waals surface area contributed by atoms with E-state index in [0.717, 1.165) is 25.8 Å². The van der Waals surface area contributed by atoms with Crippen LogP contribution in [0.1, 0.15) is 18.4 Å². The molecule has 1 aliphatic rings. The second-order valence-corrected chi connectivity index (χ2v) is 4.82. The summed E-state index contributed by atoms with van der Waals surface area (Å²) in [6.45, 7) is 1.22. The zero-order chi connectivity index (χ0) is 12.3. The third-order valence-corrected chi connectivity index (χ3v) is 3.53. The van der Waals surface area contributed by atoms with E-state index in [9.17, 15) is 4.79 Å². The quantitative estimate of drug-likeness (QED) is 0.819. The van der Waals surface area contributed by atoms with Crippen molar-refractivity contribution < 1.29 is 4.79 Å². The predicted molar refractivity (Wildman–Crippen MR) is 66.3 cm³/mol. The lowest BCUT2D eigenvalue weighted by atomic mass is 10.1. The lowest BCUT2D eigenvalue weighted by Gasteiger charge is -2.22. The first-order chi connectivity index (χ1) is 8.18. The highest BCUT2D eigenvalue weighted by Crippen LogP contribution is 2.45. The van der Waals surface area contributed by atoms with Crippen molar-refractivity contribution in [2.75, 3.05) is 20.1 Å². The molecule has 0 bridgehead atoms. The van der Waals surface area contributed by atoms with Crippen LogP contribution in [-0.4, -0.2) is 35.9 Å². The molecule has 1 aliphatic carbocycles. The molecule has 1 saturated carbocycles. The number of hydrogen-bond donors (Lipinski definition) is 1. The minimum Gasteiger partial charge on any atom is -0.345 e. The van der Waals surface area contributed by atoms with Crippen LogP contribution in [0, 0.1) is 5.41 Å². The minimum absolute atomic E-state index is 0.203. The van der Waals surface area contributed by atoms with Crippen molar-refractivity contribution in [3.63, 3.8) is 0 Å². The Morgan fingerprint density at radius 3 is 2.65 bits per heavy atom. The third kappa shape index (κ3) is 2.64. The van der Waals surface area contributed by atoms with Crippen molar-refractivity contribution in [1.29, 1.82) is 0 Å². The average Bonchev–Trinajstić information content (AvgIpc) is 3.17. The molecule has 4 nitrogen and oxygen atoms in total. The molecule has 0 atom stereocenters. The van der Waals surface area contributed by atoms with Gasteiger partial charge in [0.1, 0.15) is 0 Å². The third-order valence-electron chi connectivity index (χ3n) is 3.53. The van der Waals surface area contributed by atoms with E-state index in [1.807, 2.05) is 19.2 Å². The van der Waals surface area contributed by atoms with Gasteiger partial charge in [0, 0.05) is 32.5 Å². The van der Waals surface area contributed by atoms with Gasteiger partial charge in [0.25, 0.3) is 0 Å². The second kappa shape index (κ2) is 4.84. The van der Waals surface area contributed by atoms with Crippen LogP contribution in [0.2, 0.25) is 0 Å². The van der Waals surface area contributed by atoms with Crippen molar-refractivity contribution in [3.8, 4) is 0 Å². The van der Waals surface area contributed by atoms with E-state index in [1.165, 1.54) is 5.56 Å². The summed E-state index contributed by atoms with van der Waals surface area (Å²) in [5, 5.41) is 0. The molecule has 0 unspecified atom stereocenters. The van der Waals surface area contributed by atoms with Gasteiger partial charge in [-0.1, -0.05) is 0 Å². The van der Waals surface area contributed by atoms with Crippen LogP contribution in [0.3, 0.4) is 0 Å². The Kier molecular flexibility index (Phi) is 3.43. The van der Waals surface area contributed by atoms with Gasteiger partial charge in [-0.2, -0.15) is 0 Å². The van der Waals surface area contributed by atoms with Gasteiger partial charge < -0.3 is 10.6 Å².